The van der Waals surface area contributed by atoms with Gasteiger partial charge in [0.1, 0.15) is 0 Å². The number of piperazine rings is 1. The Kier molecular flexibility index (Phi) is 6.38. The molecule has 1 aliphatic rings. The molecule has 0 spiro atoms. The Morgan fingerprint density at radius 1 is 1.27 bits per heavy atom. The van der Waals surface area contributed by atoms with Crippen molar-refractivity contribution >= 4 is 0 Å². The van der Waals surface area contributed by atoms with Gasteiger partial charge in [-0.15, -0.1) is 0 Å². The van der Waals surface area contributed by atoms with E-state index >= 15 is 0 Å². The van der Waals surface area contributed by atoms with Gasteiger partial charge in [0.15, 0.2) is 0 Å². The SMILES string of the molecule is COCCN1CCN(CC(O)c2ccc(C)c(C)c2)CC1C. The van der Waals surface area contributed by atoms with E-state index in [1.165, 1.54) is 11.1 Å². The van der Waals surface area contributed by atoms with Crippen molar-refractivity contribution in [2.45, 2.75) is 32.9 Å². The first-order valence-electron chi connectivity index (χ1n) is 8.22. The van der Waals surface area contributed by atoms with Gasteiger partial charge in [-0.05, 0) is 37.5 Å². The maximum Gasteiger partial charge on any atom is 0.0917 e. The largest absolute Gasteiger partial charge is 0.387 e. The molecular formula is C18H30N2O2. The summed E-state index contributed by atoms with van der Waals surface area (Å²) in [6, 6.07) is 6.76. The lowest BCUT2D eigenvalue weighted by Crippen LogP contribution is -2.53. The second-order valence-corrected chi connectivity index (χ2v) is 6.50. The fraction of sp³-hybridized carbons (Fsp3) is 0.667. The molecule has 1 N–H and O–H groups in total. The summed E-state index contributed by atoms with van der Waals surface area (Å²) in [7, 11) is 1.75. The van der Waals surface area contributed by atoms with E-state index in [9.17, 15) is 5.11 Å². The van der Waals surface area contributed by atoms with Crippen molar-refractivity contribution in [2.75, 3.05) is 46.4 Å². The average Bonchev–Trinajstić information content (AvgIpc) is 2.49. The molecule has 1 heterocycles. The summed E-state index contributed by atoms with van der Waals surface area (Å²) in [5, 5.41) is 10.5. The molecule has 2 atom stereocenters. The third kappa shape index (κ3) is 4.53. The molecule has 0 saturated carbocycles. The van der Waals surface area contributed by atoms with E-state index in [-0.39, 0.29) is 0 Å². The van der Waals surface area contributed by atoms with E-state index in [4.69, 9.17) is 4.74 Å². The topological polar surface area (TPSA) is 35.9 Å². The summed E-state index contributed by atoms with van der Waals surface area (Å²) in [5.74, 6) is 0. The highest BCUT2D eigenvalue weighted by Gasteiger charge is 2.25. The van der Waals surface area contributed by atoms with Crippen LogP contribution in [0.25, 0.3) is 0 Å². The van der Waals surface area contributed by atoms with Crippen LogP contribution >= 0.6 is 0 Å². The van der Waals surface area contributed by atoms with E-state index in [2.05, 4.69) is 42.7 Å². The van der Waals surface area contributed by atoms with Gasteiger partial charge < -0.3 is 9.84 Å². The van der Waals surface area contributed by atoms with E-state index < -0.39 is 6.10 Å². The molecule has 0 aromatic heterocycles. The molecule has 2 unspecified atom stereocenters. The third-order valence-electron chi connectivity index (χ3n) is 4.78. The summed E-state index contributed by atoms with van der Waals surface area (Å²) in [6.07, 6.45) is -0.406. The van der Waals surface area contributed by atoms with Crippen LogP contribution in [-0.4, -0.2) is 67.4 Å². The quantitative estimate of drug-likeness (QED) is 0.872. The first-order chi connectivity index (χ1) is 10.5. The van der Waals surface area contributed by atoms with E-state index in [0.29, 0.717) is 12.6 Å². The summed E-state index contributed by atoms with van der Waals surface area (Å²) in [5.41, 5.74) is 3.54. The predicted octanol–water partition coefficient (Wildman–Crippen LogP) is 1.99. The van der Waals surface area contributed by atoms with Crippen molar-refractivity contribution in [3.05, 3.63) is 34.9 Å². The molecule has 1 aromatic rings. The number of rotatable bonds is 6. The molecule has 124 valence electrons. The van der Waals surface area contributed by atoms with Crippen LogP contribution in [0.1, 0.15) is 29.7 Å². The van der Waals surface area contributed by atoms with Crippen LogP contribution in [0, 0.1) is 13.8 Å². The van der Waals surface area contributed by atoms with Gasteiger partial charge in [0.25, 0.3) is 0 Å². The Morgan fingerprint density at radius 2 is 2.05 bits per heavy atom. The van der Waals surface area contributed by atoms with Crippen molar-refractivity contribution in [1.82, 2.24) is 9.80 Å². The number of methoxy groups -OCH3 is 1. The first kappa shape index (κ1) is 17.4. The van der Waals surface area contributed by atoms with Gasteiger partial charge in [0, 0.05) is 45.9 Å². The molecule has 0 aliphatic carbocycles. The fourth-order valence-corrected chi connectivity index (χ4v) is 3.10. The fourth-order valence-electron chi connectivity index (χ4n) is 3.10. The Hall–Kier alpha value is -0.940. The van der Waals surface area contributed by atoms with Crippen molar-refractivity contribution in [3.8, 4) is 0 Å². The van der Waals surface area contributed by atoms with Crippen LogP contribution in [0.15, 0.2) is 18.2 Å². The van der Waals surface area contributed by atoms with Crippen LogP contribution in [-0.2, 0) is 4.74 Å². The Balaban J connectivity index is 1.87. The maximum atomic E-state index is 10.5. The van der Waals surface area contributed by atoms with Gasteiger partial charge in [-0.3, -0.25) is 9.80 Å². The molecule has 4 nitrogen and oxygen atoms in total. The van der Waals surface area contributed by atoms with Gasteiger partial charge in [-0.1, -0.05) is 18.2 Å². The number of ether oxygens (including phenoxy) is 1. The summed E-state index contributed by atoms with van der Waals surface area (Å²) in [4.78, 5) is 4.83. The molecular weight excluding hydrogens is 276 g/mol. The van der Waals surface area contributed by atoms with Crippen LogP contribution in [0.5, 0.6) is 0 Å². The molecule has 0 bridgehead atoms. The average molecular weight is 306 g/mol. The molecule has 0 radical (unpaired) electrons. The molecule has 1 saturated heterocycles. The molecule has 4 heteroatoms. The lowest BCUT2D eigenvalue weighted by Gasteiger charge is -2.40. The van der Waals surface area contributed by atoms with Gasteiger partial charge in [0.05, 0.1) is 12.7 Å². The van der Waals surface area contributed by atoms with Gasteiger partial charge in [0.2, 0.25) is 0 Å². The number of nitrogens with zero attached hydrogens (tertiary/aromatic N) is 2. The molecule has 0 amide bonds. The zero-order valence-electron chi connectivity index (χ0n) is 14.4. The summed E-state index contributed by atoms with van der Waals surface area (Å²) < 4.78 is 5.17. The molecule has 1 aliphatic heterocycles. The molecule has 22 heavy (non-hydrogen) atoms. The predicted molar refractivity (Wildman–Crippen MR) is 90.2 cm³/mol. The van der Waals surface area contributed by atoms with Crippen molar-refractivity contribution in [3.63, 3.8) is 0 Å². The van der Waals surface area contributed by atoms with E-state index in [1.807, 2.05) is 6.07 Å². The first-order valence-corrected chi connectivity index (χ1v) is 8.22. The summed E-state index contributed by atoms with van der Waals surface area (Å²) >= 11 is 0. The highest BCUT2D eigenvalue weighted by atomic mass is 16.5. The number of aliphatic hydroxyl groups excluding tert-OH is 1. The number of hydrogen-bond donors (Lipinski definition) is 1. The lowest BCUT2D eigenvalue weighted by molar-refractivity contribution is 0.0330. The second-order valence-electron chi connectivity index (χ2n) is 6.50. The van der Waals surface area contributed by atoms with E-state index in [0.717, 1.165) is 38.3 Å². The van der Waals surface area contributed by atoms with Crippen molar-refractivity contribution < 1.29 is 9.84 Å². The molecule has 1 aromatic carbocycles. The van der Waals surface area contributed by atoms with Crippen LogP contribution in [0.2, 0.25) is 0 Å². The van der Waals surface area contributed by atoms with Crippen molar-refractivity contribution in [1.29, 1.82) is 0 Å². The Bertz CT molecular complexity index is 478. The summed E-state index contributed by atoms with van der Waals surface area (Å²) in [6.45, 7) is 12.0. The van der Waals surface area contributed by atoms with Gasteiger partial charge >= 0.3 is 0 Å². The second kappa shape index (κ2) is 8.06. The number of benzene rings is 1. The standard InChI is InChI=1S/C18H30N2O2/c1-14-5-6-17(11-15(14)2)18(21)13-19-7-8-20(9-10-22-4)16(3)12-19/h5-6,11,16,18,21H,7-10,12-13H2,1-4H3. The minimum Gasteiger partial charge on any atom is -0.387 e. The minimum atomic E-state index is -0.406. The van der Waals surface area contributed by atoms with Gasteiger partial charge in [-0.2, -0.15) is 0 Å². The number of aryl methyl sites for hydroxylation is 2. The highest BCUT2D eigenvalue weighted by molar-refractivity contribution is 5.31. The van der Waals surface area contributed by atoms with Crippen LogP contribution < -0.4 is 0 Å². The van der Waals surface area contributed by atoms with Gasteiger partial charge in [-0.25, -0.2) is 0 Å². The number of hydrogen-bond acceptors (Lipinski definition) is 4. The minimum absolute atomic E-state index is 0.406. The highest BCUT2D eigenvalue weighted by Crippen LogP contribution is 2.19. The van der Waals surface area contributed by atoms with E-state index in [1.54, 1.807) is 7.11 Å². The number of β-amino-alcohol motifs (C(OH)–C–C–N with tert-alkyl or cyclic N) is 1. The molecule has 1 fully saturated rings. The Labute approximate surface area is 134 Å². The maximum absolute atomic E-state index is 10.5. The molecule has 2 rings (SSSR count). The zero-order chi connectivity index (χ0) is 16.1. The van der Waals surface area contributed by atoms with Crippen LogP contribution in [0.3, 0.4) is 0 Å². The lowest BCUT2D eigenvalue weighted by atomic mass is 10.0. The Morgan fingerprint density at radius 3 is 2.68 bits per heavy atom. The smallest absolute Gasteiger partial charge is 0.0917 e. The number of aliphatic hydroxyl groups is 1. The zero-order valence-corrected chi connectivity index (χ0v) is 14.4. The normalized spacial score (nSPS) is 22.0. The van der Waals surface area contributed by atoms with Crippen LogP contribution in [0.4, 0.5) is 0 Å². The monoisotopic (exact) mass is 306 g/mol. The van der Waals surface area contributed by atoms with Crippen molar-refractivity contribution in [2.24, 2.45) is 0 Å². The third-order valence-corrected chi connectivity index (χ3v) is 4.78.